The Morgan fingerprint density at radius 3 is 2.68 bits per heavy atom. The van der Waals surface area contributed by atoms with Crippen LogP contribution in [-0.2, 0) is 4.79 Å². The highest BCUT2D eigenvalue weighted by atomic mass is 16.7. The summed E-state index contributed by atoms with van der Waals surface area (Å²) < 4.78 is 10.6. The van der Waals surface area contributed by atoms with Crippen molar-refractivity contribution in [3.8, 4) is 11.5 Å². The first-order chi connectivity index (χ1) is 10.7. The molecule has 2 amide bonds. The number of hydrogen-bond acceptors (Lipinski definition) is 4. The van der Waals surface area contributed by atoms with Gasteiger partial charge >= 0.3 is 0 Å². The molecule has 2 heterocycles. The molecule has 0 radical (unpaired) electrons. The average molecular weight is 304 g/mol. The quantitative estimate of drug-likeness (QED) is 0.916. The molecule has 0 aromatic heterocycles. The Labute approximate surface area is 129 Å². The molecule has 0 unspecified atom stereocenters. The average Bonchev–Trinajstić information content (AvgIpc) is 3.02. The molecular formula is C16H20N2O4. The summed E-state index contributed by atoms with van der Waals surface area (Å²) in [6.07, 6.45) is 1.42. The monoisotopic (exact) mass is 304 g/mol. The fourth-order valence-corrected chi connectivity index (χ4v) is 2.88. The molecule has 0 bridgehead atoms. The standard InChI is InChI=1S/C16H20N2O4/c1-2-17-15(19)11-5-7-18(8-6-11)16(20)12-3-4-13-14(9-12)22-10-21-13/h3-4,9,11H,2,5-8,10H2,1H3,(H,17,19). The van der Waals surface area contributed by atoms with E-state index in [0.717, 1.165) is 0 Å². The number of rotatable bonds is 3. The molecule has 118 valence electrons. The molecule has 1 saturated heterocycles. The second-order valence-corrected chi connectivity index (χ2v) is 5.53. The van der Waals surface area contributed by atoms with E-state index < -0.39 is 0 Å². The topological polar surface area (TPSA) is 67.9 Å². The lowest BCUT2D eigenvalue weighted by Gasteiger charge is -2.31. The van der Waals surface area contributed by atoms with E-state index >= 15 is 0 Å². The first kappa shape index (κ1) is 14.7. The predicted octanol–water partition coefficient (Wildman–Crippen LogP) is 1.40. The van der Waals surface area contributed by atoms with Gasteiger partial charge in [-0.3, -0.25) is 9.59 Å². The van der Waals surface area contributed by atoms with E-state index in [0.29, 0.717) is 49.5 Å². The van der Waals surface area contributed by atoms with Crippen molar-refractivity contribution in [2.45, 2.75) is 19.8 Å². The van der Waals surface area contributed by atoms with Crippen LogP contribution in [0.2, 0.25) is 0 Å². The molecule has 1 fully saturated rings. The van der Waals surface area contributed by atoms with Crippen LogP contribution in [0.1, 0.15) is 30.1 Å². The van der Waals surface area contributed by atoms with Gasteiger partial charge in [-0.15, -0.1) is 0 Å². The summed E-state index contributed by atoms with van der Waals surface area (Å²) in [6.45, 7) is 3.97. The molecule has 0 spiro atoms. The molecule has 0 aliphatic carbocycles. The zero-order valence-corrected chi connectivity index (χ0v) is 12.6. The molecule has 0 atom stereocenters. The minimum Gasteiger partial charge on any atom is -0.454 e. The van der Waals surface area contributed by atoms with Crippen LogP contribution >= 0.6 is 0 Å². The third kappa shape index (κ3) is 2.86. The number of hydrogen-bond donors (Lipinski definition) is 1. The van der Waals surface area contributed by atoms with Crippen LogP contribution in [-0.4, -0.2) is 43.1 Å². The maximum Gasteiger partial charge on any atom is 0.253 e. The lowest BCUT2D eigenvalue weighted by atomic mass is 9.95. The van der Waals surface area contributed by atoms with Gasteiger partial charge in [0.1, 0.15) is 0 Å². The van der Waals surface area contributed by atoms with Gasteiger partial charge in [0.05, 0.1) is 0 Å². The van der Waals surface area contributed by atoms with Crippen LogP contribution in [0.4, 0.5) is 0 Å². The summed E-state index contributed by atoms with van der Waals surface area (Å²) >= 11 is 0. The van der Waals surface area contributed by atoms with Crippen LogP contribution in [0.15, 0.2) is 18.2 Å². The van der Waals surface area contributed by atoms with Gasteiger partial charge in [-0.25, -0.2) is 0 Å². The third-order valence-electron chi connectivity index (χ3n) is 4.12. The molecule has 0 saturated carbocycles. The summed E-state index contributed by atoms with van der Waals surface area (Å²) in [4.78, 5) is 26.2. The number of carbonyl (C=O) groups is 2. The van der Waals surface area contributed by atoms with Gasteiger partial charge in [0.25, 0.3) is 5.91 Å². The molecule has 1 aromatic rings. The van der Waals surface area contributed by atoms with Gasteiger partial charge in [0.15, 0.2) is 11.5 Å². The van der Waals surface area contributed by atoms with Gasteiger partial charge in [-0.2, -0.15) is 0 Å². The number of nitrogens with one attached hydrogen (secondary N) is 1. The van der Waals surface area contributed by atoms with Crippen molar-refractivity contribution in [3.05, 3.63) is 23.8 Å². The summed E-state index contributed by atoms with van der Waals surface area (Å²) in [7, 11) is 0. The fraction of sp³-hybridized carbons (Fsp3) is 0.500. The minimum absolute atomic E-state index is 0.0146. The number of benzene rings is 1. The number of carbonyl (C=O) groups excluding carboxylic acids is 2. The Morgan fingerprint density at radius 2 is 1.95 bits per heavy atom. The number of amides is 2. The normalized spacial score (nSPS) is 17.4. The van der Waals surface area contributed by atoms with E-state index in [1.54, 1.807) is 23.1 Å². The summed E-state index contributed by atoms with van der Waals surface area (Å²) in [5.74, 6) is 1.38. The molecule has 2 aliphatic heterocycles. The second-order valence-electron chi connectivity index (χ2n) is 5.53. The van der Waals surface area contributed by atoms with Crippen molar-refractivity contribution < 1.29 is 19.1 Å². The van der Waals surface area contributed by atoms with Gasteiger partial charge in [-0.05, 0) is 38.0 Å². The molecule has 2 aliphatic rings. The van der Waals surface area contributed by atoms with Crippen molar-refractivity contribution in [2.75, 3.05) is 26.4 Å². The minimum atomic E-state index is -0.0207. The maximum absolute atomic E-state index is 12.5. The van der Waals surface area contributed by atoms with Crippen LogP contribution in [0.5, 0.6) is 11.5 Å². The largest absolute Gasteiger partial charge is 0.454 e. The van der Waals surface area contributed by atoms with Crippen molar-refractivity contribution >= 4 is 11.8 Å². The van der Waals surface area contributed by atoms with E-state index in [1.165, 1.54) is 0 Å². The molecule has 22 heavy (non-hydrogen) atoms. The number of likely N-dealkylation sites (tertiary alicyclic amines) is 1. The third-order valence-corrected chi connectivity index (χ3v) is 4.12. The van der Waals surface area contributed by atoms with Crippen LogP contribution < -0.4 is 14.8 Å². The zero-order chi connectivity index (χ0) is 15.5. The number of fused-ring (bicyclic) bond motifs is 1. The van der Waals surface area contributed by atoms with Crippen molar-refractivity contribution in [2.24, 2.45) is 5.92 Å². The Kier molecular flexibility index (Phi) is 4.18. The maximum atomic E-state index is 12.5. The first-order valence-electron chi connectivity index (χ1n) is 7.65. The van der Waals surface area contributed by atoms with Gasteiger partial charge in [0, 0.05) is 31.1 Å². The van der Waals surface area contributed by atoms with Crippen molar-refractivity contribution in [1.82, 2.24) is 10.2 Å². The van der Waals surface area contributed by atoms with E-state index in [-0.39, 0.29) is 24.5 Å². The van der Waals surface area contributed by atoms with E-state index in [2.05, 4.69) is 5.32 Å². The van der Waals surface area contributed by atoms with Crippen molar-refractivity contribution in [1.29, 1.82) is 0 Å². The van der Waals surface area contributed by atoms with Crippen molar-refractivity contribution in [3.63, 3.8) is 0 Å². The first-order valence-corrected chi connectivity index (χ1v) is 7.65. The van der Waals surface area contributed by atoms with Crippen LogP contribution in [0.25, 0.3) is 0 Å². The fourth-order valence-electron chi connectivity index (χ4n) is 2.88. The van der Waals surface area contributed by atoms with E-state index in [4.69, 9.17) is 9.47 Å². The Balaban J connectivity index is 1.61. The van der Waals surface area contributed by atoms with Gasteiger partial charge in [0.2, 0.25) is 12.7 Å². The Morgan fingerprint density at radius 1 is 1.23 bits per heavy atom. The smallest absolute Gasteiger partial charge is 0.253 e. The molecule has 1 aromatic carbocycles. The van der Waals surface area contributed by atoms with E-state index in [9.17, 15) is 9.59 Å². The molecular weight excluding hydrogens is 284 g/mol. The Hall–Kier alpha value is -2.24. The van der Waals surface area contributed by atoms with Gasteiger partial charge in [-0.1, -0.05) is 0 Å². The summed E-state index contributed by atoms with van der Waals surface area (Å²) in [5.41, 5.74) is 0.598. The lowest BCUT2D eigenvalue weighted by Crippen LogP contribution is -2.43. The van der Waals surface area contributed by atoms with Crippen LogP contribution in [0, 0.1) is 5.92 Å². The highest BCUT2D eigenvalue weighted by molar-refractivity contribution is 5.95. The molecule has 1 N–H and O–H groups in total. The zero-order valence-electron chi connectivity index (χ0n) is 12.6. The predicted molar refractivity (Wildman–Crippen MR) is 79.9 cm³/mol. The number of piperidine rings is 1. The lowest BCUT2D eigenvalue weighted by molar-refractivity contribution is -0.126. The molecule has 6 nitrogen and oxygen atoms in total. The Bertz CT molecular complexity index is 580. The molecule has 3 rings (SSSR count). The highest BCUT2D eigenvalue weighted by Gasteiger charge is 2.28. The summed E-state index contributed by atoms with van der Waals surface area (Å²) in [6, 6.07) is 5.24. The van der Waals surface area contributed by atoms with E-state index in [1.807, 2.05) is 6.92 Å². The second kappa shape index (κ2) is 6.25. The number of nitrogens with zero attached hydrogens (tertiary/aromatic N) is 1. The van der Waals surface area contributed by atoms with Gasteiger partial charge < -0.3 is 19.7 Å². The SMILES string of the molecule is CCNC(=O)C1CCN(C(=O)c2ccc3c(c2)OCO3)CC1. The van der Waals surface area contributed by atoms with Crippen LogP contribution in [0.3, 0.4) is 0 Å². The number of ether oxygens (including phenoxy) is 2. The molecule has 6 heteroatoms. The summed E-state index contributed by atoms with van der Waals surface area (Å²) in [5, 5.41) is 2.85. The highest BCUT2D eigenvalue weighted by Crippen LogP contribution is 2.33.